The van der Waals surface area contributed by atoms with Crippen molar-refractivity contribution in [2.24, 2.45) is 12.8 Å². The predicted molar refractivity (Wildman–Crippen MR) is 90.0 cm³/mol. The molecule has 1 aliphatic rings. The van der Waals surface area contributed by atoms with E-state index in [1.165, 1.54) is 0 Å². The third-order valence-corrected chi connectivity index (χ3v) is 4.81. The van der Waals surface area contributed by atoms with E-state index in [4.69, 9.17) is 23.1 Å². The van der Waals surface area contributed by atoms with E-state index in [1.807, 2.05) is 6.92 Å². The molecule has 4 N–H and O–H groups in total. The van der Waals surface area contributed by atoms with Gasteiger partial charge >= 0.3 is 0 Å². The molecule has 0 saturated carbocycles. The zero-order valence-corrected chi connectivity index (χ0v) is 14.0. The zero-order valence-electron chi connectivity index (χ0n) is 13.2. The summed E-state index contributed by atoms with van der Waals surface area (Å²) in [4.78, 5) is 4.43. The highest BCUT2D eigenvalue weighted by Crippen LogP contribution is 2.40. The van der Waals surface area contributed by atoms with Crippen LogP contribution in [0, 0.1) is 11.3 Å². The minimum atomic E-state index is 0.0544. The summed E-state index contributed by atoms with van der Waals surface area (Å²) >= 11 is 6.49. The fourth-order valence-corrected chi connectivity index (χ4v) is 3.49. The summed E-state index contributed by atoms with van der Waals surface area (Å²) in [5, 5.41) is 14.6. The number of rotatable bonds is 2. The van der Waals surface area contributed by atoms with Crippen LogP contribution in [0.3, 0.4) is 0 Å². The lowest BCUT2D eigenvalue weighted by Crippen LogP contribution is -2.29. The standard InChI is InChI=1S/C16H19ClN6/c1-3-11-14(15(17)23(2)22-11)13-9-6-8(19)4-5-12(9)21-16(20)10(13)7-18/h8H,3-6,19H2,1-2H3,(H2,20,21)/t8-/m1/s1. The molecule has 1 aliphatic carbocycles. The Balaban J connectivity index is 2.39. The van der Waals surface area contributed by atoms with E-state index in [-0.39, 0.29) is 11.9 Å². The van der Waals surface area contributed by atoms with Gasteiger partial charge in [0.2, 0.25) is 0 Å². The van der Waals surface area contributed by atoms with Gasteiger partial charge in [-0.15, -0.1) is 0 Å². The minimum Gasteiger partial charge on any atom is -0.383 e. The van der Waals surface area contributed by atoms with Crippen molar-refractivity contribution in [3.05, 3.63) is 27.7 Å². The second-order valence-corrected chi connectivity index (χ2v) is 6.23. The second kappa shape index (κ2) is 5.84. The normalized spacial score (nSPS) is 16.9. The first-order valence-corrected chi connectivity index (χ1v) is 8.04. The summed E-state index contributed by atoms with van der Waals surface area (Å²) < 4.78 is 1.63. The molecule has 0 radical (unpaired) electrons. The molecule has 1 atom stereocenters. The van der Waals surface area contributed by atoms with Crippen molar-refractivity contribution < 1.29 is 0 Å². The van der Waals surface area contributed by atoms with E-state index in [0.29, 0.717) is 23.6 Å². The summed E-state index contributed by atoms with van der Waals surface area (Å²) in [7, 11) is 1.79. The van der Waals surface area contributed by atoms with E-state index in [9.17, 15) is 5.26 Å². The number of anilines is 1. The van der Waals surface area contributed by atoms with Gasteiger partial charge in [-0.05, 0) is 31.2 Å². The minimum absolute atomic E-state index is 0.0544. The quantitative estimate of drug-likeness (QED) is 0.875. The van der Waals surface area contributed by atoms with E-state index in [0.717, 1.165) is 40.9 Å². The summed E-state index contributed by atoms with van der Waals surface area (Å²) in [6.45, 7) is 2.01. The molecule has 0 aromatic carbocycles. The fourth-order valence-electron chi connectivity index (χ4n) is 3.24. The molecule has 0 unspecified atom stereocenters. The number of nitrogen functional groups attached to an aromatic ring is 1. The Labute approximate surface area is 140 Å². The van der Waals surface area contributed by atoms with E-state index < -0.39 is 0 Å². The van der Waals surface area contributed by atoms with E-state index in [1.54, 1.807) is 11.7 Å². The summed E-state index contributed by atoms with van der Waals surface area (Å²) in [6, 6.07) is 2.25. The van der Waals surface area contributed by atoms with Crippen LogP contribution >= 0.6 is 11.6 Å². The fraction of sp³-hybridized carbons (Fsp3) is 0.438. The van der Waals surface area contributed by atoms with E-state index >= 15 is 0 Å². The average Bonchev–Trinajstić information content (AvgIpc) is 2.81. The van der Waals surface area contributed by atoms with Crippen LogP contribution in [-0.2, 0) is 26.3 Å². The lowest BCUT2D eigenvalue weighted by atomic mass is 9.84. The van der Waals surface area contributed by atoms with Gasteiger partial charge in [-0.3, -0.25) is 4.68 Å². The molecule has 0 fully saturated rings. The van der Waals surface area contributed by atoms with Gasteiger partial charge in [0.05, 0.1) is 5.69 Å². The maximum Gasteiger partial charge on any atom is 0.142 e. The Bertz CT molecular complexity index is 817. The third-order valence-electron chi connectivity index (χ3n) is 4.38. The molecule has 0 amide bonds. The first-order chi connectivity index (χ1) is 11.0. The number of halogens is 1. The molecule has 2 heterocycles. The number of nitrogens with two attached hydrogens (primary N) is 2. The van der Waals surface area contributed by atoms with Crippen LogP contribution in [0.4, 0.5) is 5.82 Å². The maximum atomic E-state index is 9.62. The number of hydrogen-bond acceptors (Lipinski definition) is 5. The molecular weight excluding hydrogens is 312 g/mol. The Morgan fingerprint density at radius 1 is 1.43 bits per heavy atom. The van der Waals surface area contributed by atoms with Crippen LogP contribution in [0.25, 0.3) is 11.1 Å². The number of aromatic nitrogens is 3. The summed E-state index contributed by atoms with van der Waals surface area (Å²) in [6.07, 6.45) is 3.01. The molecule has 0 saturated heterocycles. The van der Waals surface area contributed by atoms with Crippen LogP contribution in [-0.4, -0.2) is 20.8 Å². The summed E-state index contributed by atoms with van der Waals surface area (Å²) in [5.74, 6) is 0.249. The number of aryl methyl sites for hydroxylation is 3. The highest BCUT2D eigenvalue weighted by atomic mass is 35.5. The molecule has 23 heavy (non-hydrogen) atoms. The van der Waals surface area contributed by atoms with Crippen molar-refractivity contribution >= 4 is 17.4 Å². The molecule has 0 spiro atoms. The van der Waals surface area contributed by atoms with Crippen molar-refractivity contribution in [1.29, 1.82) is 5.26 Å². The van der Waals surface area contributed by atoms with E-state index in [2.05, 4.69) is 16.2 Å². The molecule has 3 rings (SSSR count). The van der Waals surface area contributed by atoms with Crippen LogP contribution in [0.1, 0.15) is 35.9 Å². The van der Waals surface area contributed by atoms with Crippen molar-refractivity contribution in [2.75, 3.05) is 5.73 Å². The summed E-state index contributed by atoms with van der Waals surface area (Å²) in [5.41, 5.74) is 16.8. The van der Waals surface area contributed by atoms with Gasteiger partial charge in [-0.2, -0.15) is 10.4 Å². The van der Waals surface area contributed by atoms with Crippen LogP contribution in [0.5, 0.6) is 0 Å². The maximum absolute atomic E-state index is 9.62. The van der Waals surface area contributed by atoms with Gasteiger partial charge in [-0.25, -0.2) is 4.98 Å². The third kappa shape index (κ3) is 2.46. The lowest BCUT2D eigenvalue weighted by molar-refractivity contribution is 0.568. The number of nitrogens with zero attached hydrogens (tertiary/aromatic N) is 4. The van der Waals surface area contributed by atoms with Crippen molar-refractivity contribution in [3.8, 4) is 17.2 Å². The largest absolute Gasteiger partial charge is 0.383 e. The smallest absolute Gasteiger partial charge is 0.142 e. The Morgan fingerprint density at radius 3 is 2.83 bits per heavy atom. The van der Waals surface area contributed by atoms with Crippen LogP contribution in [0.15, 0.2) is 0 Å². The number of nitriles is 1. The number of hydrogen-bond donors (Lipinski definition) is 2. The molecular formula is C16H19ClN6. The average molecular weight is 331 g/mol. The molecule has 2 aromatic rings. The van der Waals surface area contributed by atoms with Crippen molar-refractivity contribution in [2.45, 2.75) is 38.6 Å². The van der Waals surface area contributed by atoms with Crippen LogP contribution in [0.2, 0.25) is 5.15 Å². The SMILES string of the molecule is CCc1nn(C)c(Cl)c1-c1c(C#N)c(N)nc2c1C[C@H](N)CC2. The number of fused-ring (bicyclic) bond motifs is 1. The van der Waals surface area contributed by atoms with Gasteiger partial charge in [0.25, 0.3) is 0 Å². The van der Waals surface area contributed by atoms with Crippen LogP contribution < -0.4 is 11.5 Å². The highest BCUT2D eigenvalue weighted by molar-refractivity contribution is 6.32. The van der Waals surface area contributed by atoms with Gasteiger partial charge in [0.15, 0.2) is 0 Å². The molecule has 0 aliphatic heterocycles. The molecule has 0 bridgehead atoms. The first kappa shape index (κ1) is 15.8. The van der Waals surface area contributed by atoms with Gasteiger partial charge in [0.1, 0.15) is 22.6 Å². The molecule has 120 valence electrons. The van der Waals surface area contributed by atoms with Crippen molar-refractivity contribution in [3.63, 3.8) is 0 Å². The molecule has 6 nitrogen and oxygen atoms in total. The number of pyridine rings is 1. The Kier molecular flexibility index (Phi) is 4.00. The Hall–Kier alpha value is -2.10. The second-order valence-electron chi connectivity index (χ2n) is 5.88. The van der Waals surface area contributed by atoms with Gasteiger partial charge < -0.3 is 11.5 Å². The monoisotopic (exact) mass is 330 g/mol. The van der Waals surface area contributed by atoms with Gasteiger partial charge in [-0.1, -0.05) is 18.5 Å². The first-order valence-electron chi connectivity index (χ1n) is 7.66. The molecule has 7 heteroatoms. The van der Waals surface area contributed by atoms with Crippen molar-refractivity contribution in [1.82, 2.24) is 14.8 Å². The zero-order chi connectivity index (χ0) is 16.7. The lowest BCUT2D eigenvalue weighted by Gasteiger charge is -2.25. The highest BCUT2D eigenvalue weighted by Gasteiger charge is 2.28. The topological polar surface area (TPSA) is 107 Å². The Morgan fingerprint density at radius 2 is 2.17 bits per heavy atom. The molecule has 2 aromatic heterocycles. The predicted octanol–water partition coefficient (Wildman–Crippen LogP) is 1.97. The van der Waals surface area contributed by atoms with Gasteiger partial charge in [0, 0.05) is 29.9 Å².